The largest absolute Gasteiger partial charge is 0.288 e. The number of carbonyl (C=O) groups is 1. The van der Waals surface area contributed by atoms with Crippen LogP contribution in [-0.2, 0) is 4.79 Å². The number of nitrogens with zero attached hydrogens (tertiary/aromatic N) is 2. The molecule has 1 amide bonds. The van der Waals surface area contributed by atoms with Gasteiger partial charge in [-0.25, -0.2) is 4.98 Å². The van der Waals surface area contributed by atoms with E-state index in [0.29, 0.717) is 6.42 Å². The minimum Gasteiger partial charge on any atom is -0.288 e. The molecule has 70 valence electrons. The monoisotopic (exact) mass is 196 g/mol. The quantitative estimate of drug-likeness (QED) is 0.688. The molecule has 1 fully saturated rings. The van der Waals surface area contributed by atoms with Crippen molar-refractivity contribution in [2.24, 2.45) is 0 Å². The van der Waals surface area contributed by atoms with Crippen molar-refractivity contribution in [3.8, 4) is 0 Å². The summed E-state index contributed by atoms with van der Waals surface area (Å²) in [6, 6.07) is 0. The van der Waals surface area contributed by atoms with Gasteiger partial charge >= 0.3 is 0 Å². The summed E-state index contributed by atoms with van der Waals surface area (Å²) in [5.41, 5.74) is 0.998. The molecule has 0 aromatic carbocycles. The molecule has 13 heavy (non-hydrogen) atoms. The second-order valence-corrected chi connectivity index (χ2v) is 4.11. The number of aryl methyl sites for hydroxylation is 1. The number of amides is 1. The van der Waals surface area contributed by atoms with Crippen molar-refractivity contribution in [1.29, 1.82) is 0 Å². The summed E-state index contributed by atoms with van der Waals surface area (Å²) in [7, 11) is 0. The maximum atomic E-state index is 11.5. The molecule has 1 aliphatic rings. The first-order valence-electron chi connectivity index (χ1n) is 4.50. The zero-order valence-electron chi connectivity index (χ0n) is 7.62. The molecule has 0 bridgehead atoms. The van der Waals surface area contributed by atoms with E-state index < -0.39 is 0 Å². The van der Waals surface area contributed by atoms with Gasteiger partial charge < -0.3 is 0 Å². The second kappa shape index (κ2) is 3.46. The molecule has 0 aliphatic carbocycles. The summed E-state index contributed by atoms with van der Waals surface area (Å²) in [4.78, 5) is 17.6. The van der Waals surface area contributed by atoms with Gasteiger partial charge in [-0.15, -0.1) is 11.3 Å². The van der Waals surface area contributed by atoms with Crippen molar-refractivity contribution in [1.82, 2.24) is 4.98 Å². The van der Waals surface area contributed by atoms with Gasteiger partial charge in [-0.2, -0.15) is 0 Å². The van der Waals surface area contributed by atoms with Gasteiger partial charge in [0.15, 0.2) is 5.13 Å². The normalized spacial score (nSPS) is 17.9. The number of thiazole rings is 1. The number of piperidine rings is 1. The molecule has 1 saturated heterocycles. The van der Waals surface area contributed by atoms with Gasteiger partial charge in [-0.3, -0.25) is 9.69 Å². The molecule has 2 heterocycles. The van der Waals surface area contributed by atoms with Gasteiger partial charge in [0.1, 0.15) is 0 Å². The van der Waals surface area contributed by atoms with E-state index in [1.807, 2.05) is 12.3 Å². The van der Waals surface area contributed by atoms with Crippen LogP contribution in [0.15, 0.2) is 5.38 Å². The topological polar surface area (TPSA) is 33.2 Å². The van der Waals surface area contributed by atoms with Gasteiger partial charge in [0.25, 0.3) is 0 Å². The Balaban J connectivity index is 2.19. The van der Waals surface area contributed by atoms with Gasteiger partial charge in [-0.1, -0.05) is 0 Å². The van der Waals surface area contributed by atoms with Crippen LogP contribution >= 0.6 is 11.3 Å². The van der Waals surface area contributed by atoms with Gasteiger partial charge in [0.2, 0.25) is 5.91 Å². The average Bonchev–Trinajstić information content (AvgIpc) is 2.53. The lowest BCUT2D eigenvalue weighted by atomic mass is 10.1. The molecule has 0 unspecified atom stereocenters. The smallest absolute Gasteiger partial charge is 0.228 e. The number of carbonyl (C=O) groups excluding carboxylic acids is 1. The lowest BCUT2D eigenvalue weighted by Gasteiger charge is -2.23. The maximum absolute atomic E-state index is 11.5. The van der Waals surface area contributed by atoms with E-state index in [4.69, 9.17) is 0 Å². The van der Waals surface area contributed by atoms with E-state index in [0.717, 1.165) is 30.2 Å². The van der Waals surface area contributed by atoms with Crippen molar-refractivity contribution in [2.45, 2.75) is 26.2 Å². The molecular formula is C9H12N2OS. The van der Waals surface area contributed by atoms with Gasteiger partial charge in [-0.05, 0) is 19.8 Å². The molecule has 1 aromatic rings. The first-order chi connectivity index (χ1) is 6.27. The van der Waals surface area contributed by atoms with Crippen molar-refractivity contribution >= 4 is 22.4 Å². The Kier molecular flexibility index (Phi) is 2.31. The van der Waals surface area contributed by atoms with Crippen LogP contribution in [0.25, 0.3) is 0 Å². The van der Waals surface area contributed by atoms with Crippen molar-refractivity contribution in [3.05, 3.63) is 11.1 Å². The van der Waals surface area contributed by atoms with Crippen LogP contribution in [0, 0.1) is 6.92 Å². The summed E-state index contributed by atoms with van der Waals surface area (Å²) < 4.78 is 0. The highest BCUT2D eigenvalue weighted by Gasteiger charge is 2.21. The van der Waals surface area contributed by atoms with Crippen LogP contribution in [-0.4, -0.2) is 17.4 Å². The predicted octanol–water partition coefficient (Wildman–Crippen LogP) is 1.97. The van der Waals surface area contributed by atoms with Crippen LogP contribution in [0.2, 0.25) is 0 Å². The molecule has 1 aliphatic heterocycles. The fourth-order valence-electron chi connectivity index (χ4n) is 1.47. The molecule has 0 spiro atoms. The second-order valence-electron chi connectivity index (χ2n) is 3.27. The molecule has 0 saturated carbocycles. The van der Waals surface area contributed by atoms with Crippen LogP contribution in [0.4, 0.5) is 5.13 Å². The minimum absolute atomic E-state index is 0.223. The standard InChI is InChI=1S/C9H12N2OS/c1-7-6-13-9(10-7)11-5-3-2-4-8(11)12/h6H,2-5H2,1H3. The fraction of sp³-hybridized carbons (Fsp3) is 0.556. The highest BCUT2D eigenvalue weighted by molar-refractivity contribution is 7.14. The van der Waals surface area contributed by atoms with Gasteiger partial charge in [0, 0.05) is 18.3 Å². The third kappa shape index (κ3) is 1.72. The third-order valence-electron chi connectivity index (χ3n) is 2.16. The molecular weight excluding hydrogens is 184 g/mol. The first kappa shape index (κ1) is 8.69. The summed E-state index contributed by atoms with van der Waals surface area (Å²) in [5, 5.41) is 2.85. The number of hydrogen-bond acceptors (Lipinski definition) is 3. The summed E-state index contributed by atoms with van der Waals surface area (Å²) in [5.74, 6) is 0.223. The minimum atomic E-state index is 0.223. The number of aromatic nitrogens is 1. The average molecular weight is 196 g/mol. The van der Waals surface area contributed by atoms with Gasteiger partial charge in [0.05, 0.1) is 5.69 Å². The van der Waals surface area contributed by atoms with E-state index in [1.165, 1.54) is 0 Å². The molecule has 3 nitrogen and oxygen atoms in total. The first-order valence-corrected chi connectivity index (χ1v) is 5.38. The van der Waals surface area contributed by atoms with Crippen molar-refractivity contribution in [3.63, 3.8) is 0 Å². The van der Waals surface area contributed by atoms with E-state index >= 15 is 0 Å². The molecule has 0 atom stereocenters. The summed E-state index contributed by atoms with van der Waals surface area (Å²) in [6.07, 6.45) is 2.81. The zero-order valence-corrected chi connectivity index (χ0v) is 8.43. The van der Waals surface area contributed by atoms with E-state index in [2.05, 4.69) is 4.98 Å². The number of rotatable bonds is 1. The van der Waals surface area contributed by atoms with Crippen LogP contribution in [0.3, 0.4) is 0 Å². The van der Waals surface area contributed by atoms with E-state index in [9.17, 15) is 4.79 Å². The Bertz CT molecular complexity index is 321. The lowest BCUT2D eigenvalue weighted by Crippen LogP contribution is -2.35. The Labute approximate surface area is 81.4 Å². The third-order valence-corrected chi connectivity index (χ3v) is 3.14. The summed E-state index contributed by atoms with van der Waals surface area (Å²) >= 11 is 1.55. The van der Waals surface area contributed by atoms with Crippen LogP contribution in [0.5, 0.6) is 0 Å². The highest BCUT2D eigenvalue weighted by Crippen LogP contribution is 2.24. The SMILES string of the molecule is Cc1csc(N2CCCCC2=O)n1. The number of hydrogen-bond donors (Lipinski definition) is 0. The molecule has 1 aromatic heterocycles. The fourth-order valence-corrected chi connectivity index (χ4v) is 2.32. The maximum Gasteiger partial charge on any atom is 0.228 e. The molecule has 0 N–H and O–H groups in total. The Morgan fingerprint density at radius 2 is 2.38 bits per heavy atom. The Hall–Kier alpha value is -0.900. The van der Waals surface area contributed by atoms with Crippen molar-refractivity contribution in [2.75, 3.05) is 11.4 Å². The van der Waals surface area contributed by atoms with E-state index in [1.54, 1.807) is 16.2 Å². The van der Waals surface area contributed by atoms with Crippen molar-refractivity contribution < 1.29 is 4.79 Å². The Morgan fingerprint density at radius 3 is 3.00 bits per heavy atom. The van der Waals surface area contributed by atoms with Crippen LogP contribution < -0.4 is 4.90 Å². The lowest BCUT2D eigenvalue weighted by molar-refractivity contribution is -0.119. The zero-order chi connectivity index (χ0) is 9.26. The molecule has 2 rings (SSSR count). The Morgan fingerprint density at radius 1 is 1.54 bits per heavy atom. The highest BCUT2D eigenvalue weighted by atomic mass is 32.1. The number of anilines is 1. The van der Waals surface area contributed by atoms with Crippen LogP contribution in [0.1, 0.15) is 25.0 Å². The molecule has 4 heteroatoms. The van der Waals surface area contributed by atoms with E-state index in [-0.39, 0.29) is 5.91 Å². The summed E-state index contributed by atoms with van der Waals surface area (Å²) in [6.45, 7) is 2.79. The molecule has 0 radical (unpaired) electrons. The predicted molar refractivity (Wildman–Crippen MR) is 53.1 cm³/mol.